The Morgan fingerprint density at radius 1 is 0.647 bits per heavy atom. The SMILES string of the molecule is O=C1CCCCCC(C2CCCCCCC2)C1. The predicted molar refractivity (Wildman–Crippen MR) is 72.0 cm³/mol. The molecule has 0 amide bonds. The van der Waals surface area contributed by atoms with E-state index in [1.807, 2.05) is 0 Å². The summed E-state index contributed by atoms with van der Waals surface area (Å²) < 4.78 is 0. The van der Waals surface area contributed by atoms with Crippen LogP contribution in [-0.2, 0) is 4.79 Å². The van der Waals surface area contributed by atoms with Gasteiger partial charge in [0, 0.05) is 12.8 Å². The number of carbonyl (C=O) groups is 1. The van der Waals surface area contributed by atoms with Crippen LogP contribution in [0.4, 0.5) is 0 Å². The van der Waals surface area contributed by atoms with Crippen molar-refractivity contribution in [3.05, 3.63) is 0 Å². The second kappa shape index (κ2) is 7.18. The van der Waals surface area contributed by atoms with Gasteiger partial charge in [0.15, 0.2) is 0 Å². The first-order valence-corrected chi connectivity index (χ1v) is 7.88. The lowest BCUT2D eigenvalue weighted by atomic mass is 9.76. The van der Waals surface area contributed by atoms with Gasteiger partial charge in [0.25, 0.3) is 0 Å². The number of ketones is 1. The van der Waals surface area contributed by atoms with Crippen molar-refractivity contribution in [2.75, 3.05) is 0 Å². The minimum Gasteiger partial charge on any atom is -0.300 e. The second-order valence-corrected chi connectivity index (χ2v) is 6.21. The number of hydrogen-bond donors (Lipinski definition) is 0. The number of rotatable bonds is 1. The van der Waals surface area contributed by atoms with Crippen LogP contribution in [0.15, 0.2) is 0 Å². The molecule has 0 spiro atoms. The smallest absolute Gasteiger partial charge is 0.133 e. The van der Waals surface area contributed by atoms with Crippen LogP contribution in [0, 0.1) is 11.8 Å². The summed E-state index contributed by atoms with van der Waals surface area (Å²) in [7, 11) is 0. The molecule has 1 atom stereocenters. The van der Waals surface area contributed by atoms with E-state index in [-0.39, 0.29) is 0 Å². The highest BCUT2D eigenvalue weighted by Crippen LogP contribution is 2.34. The molecule has 2 aliphatic rings. The fraction of sp³-hybridized carbons (Fsp3) is 0.938. The third kappa shape index (κ3) is 4.44. The lowest BCUT2D eigenvalue weighted by Gasteiger charge is -2.29. The van der Waals surface area contributed by atoms with Gasteiger partial charge in [-0.25, -0.2) is 0 Å². The van der Waals surface area contributed by atoms with Crippen LogP contribution in [0.3, 0.4) is 0 Å². The summed E-state index contributed by atoms with van der Waals surface area (Å²) >= 11 is 0. The molecule has 2 rings (SSSR count). The zero-order valence-electron chi connectivity index (χ0n) is 11.3. The molecule has 0 aromatic heterocycles. The van der Waals surface area contributed by atoms with E-state index in [0.717, 1.165) is 31.1 Å². The molecule has 0 aromatic rings. The Labute approximate surface area is 106 Å². The molecule has 0 aromatic carbocycles. The Morgan fingerprint density at radius 3 is 1.88 bits per heavy atom. The first-order chi connectivity index (χ1) is 8.36. The van der Waals surface area contributed by atoms with Crippen molar-refractivity contribution in [3.63, 3.8) is 0 Å². The largest absolute Gasteiger partial charge is 0.300 e. The van der Waals surface area contributed by atoms with Crippen molar-refractivity contribution in [2.24, 2.45) is 11.8 Å². The number of carbonyl (C=O) groups excluding carboxylic acids is 1. The highest BCUT2D eigenvalue weighted by atomic mass is 16.1. The summed E-state index contributed by atoms with van der Waals surface area (Å²) in [5.41, 5.74) is 0. The molecule has 0 heterocycles. The molecule has 2 aliphatic carbocycles. The van der Waals surface area contributed by atoms with E-state index in [0.29, 0.717) is 5.78 Å². The highest BCUT2D eigenvalue weighted by Gasteiger charge is 2.25. The molecule has 0 saturated heterocycles. The van der Waals surface area contributed by atoms with Crippen molar-refractivity contribution in [2.45, 2.75) is 83.5 Å². The Balaban J connectivity index is 1.89. The second-order valence-electron chi connectivity index (χ2n) is 6.21. The van der Waals surface area contributed by atoms with E-state index < -0.39 is 0 Å². The summed E-state index contributed by atoms with van der Waals surface area (Å²) in [6.45, 7) is 0. The van der Waals surface area contributed by atoms with Crippen LogP contribution in [0.25, 0.3) is 0 Å². The Bertz CT molecular complexity index is 226. The fourth-order valence-electron chi connectivity index (χ4n) is 3.76. The van der Waals surface area contributed by atoms with Gasteiger partial charge in [-0.2, -0.15) is 0 Å². The van der Waals surface area contributed by atoms with Crippen LogP contribution in [0.2, 0.25) is 0 Å². The van der Waals surface area contributed by atoms with Gasteiger partial charge in [0.05, 0.1) is 0 Å². The average Bonchev–Trinajstić information content (AvgIpc) is 2.23. The maximum atomic E-state index is 11.8. The Morgan fingerprint density at radius 2 is 1.18 bits per heavy atom. The third-order valence-electron chi connectivity index (χ3n) is 4.84. The first kappa shape index (κ1) is 13.1. The summed E-state index contributed by atoms with van der Waals surface area (Å²) in [5, 5.41) is 0. The molecule has 1 heteroatoms. The molecule has 17 heavy (non-hydrogen) atoms. The van der Waals surface area contributed by atoms with Crippen LogP contribution in [0.1, 0.15) is 83.5 Å². The van der Waals surface area contributed by atoms with Gasteiger partial charge < -0.3 is 0 Å². The van der Waals surface area contributed by atoms with Crippen molar-refractivity contribution in [3.8, 4) is 0 Å². The van der Waals surface area contributed by atoms with Gasteiger partial charge in [0.1, 0.15) is 5.78 Å². The normalized spacial score (nSPS) is 30.1. The van der Waals surface area contributed by atoms with Crippen molar-refractivity contribution in [1.82, 2.24) is 0 Å². The van der Waals surface area contributed by atoms with E-state index >= 15 is 0 Å². The molecule has 0 aliphatic heterocycles. The van der Waals surface area contributed by atoms with Crippen molar-refractivity contribution < 1.29 is 4.79 Å². The Kier molecular flexibility index (Phi) is 5.54. The van der Waals surface area contributed by atoms with Crippen LogP contribution in [0.5, 0.6) is 0 Å². The fourth-order valence-corrected chi connectivity index (χ4v) is 3.76. The predicted octanol–water partition coefficient (Wildman–Crippen LogP) is 4.89. The summed E-state index contributed by atoms with van der Waals surface area (Å²) in [4.78, 5) is 11.8. The maximum absolute atomic E-state index is 11.8. The standard InChI is InChI=1S/C16H28O/c17-16-12-8-4-7-11-15(13-16)14-9-5-2-1-3-6-10-14/h14-15H,1-13H2. The van der Waals surface area contributed by atoms with Crippen molar-refractivity contribution in [1.29, 1.82) is 0 Å². The molecule has 0 N–H and O–H groups in total. The lowest BCUT2D eigenvalue weighted by molar-refractivity contribution is -0.121. The van der Waals surface area contributed by atoms with Crippen molar-refractivity contribution >= 4 is 5.78 Å². The van der Waals surface area contributed by atoms with Gasteiger partial charge in [-0.15, -0.1) is 0 Å². The van der Waals surface area contributed by atoms with E-state index in [1.54, 1.807) is 0 Å². The van der Waals surface area contributed by atoms with Gasteiger partial charge >= 0.3 is 0 Å². The molecule has 2 fully saturated rings. The number of Topliss-reactive ketones (excluding diaryl/α,β-unsaturated/α-hetero) is 1. The van der Waals surface area contributed by atoms with Crippen LogP contribution >= 0.6 is 0 Å². The van der Waals surface area contributed by atoms with E-state index in [4.69, 9.17) is 0 Å². The number of hydrogen-bond acceptors (Lipinski definition) is 1. The van der Waals surface area contributed by atoms with Gasteiger partial charge in [-0.05, 0) is 24.7 Å². The molecule has 98 valence electrons. The molecular weight excluding hydrogens is 208 g/mol. The molecule has 0 radical (unpaired) electrons. The van der Waals surface area contributed by atoms with E-state index in [1.165, 1.54) is 64.2 Å². The average molecular weight is 236 g/mol. The van der Waals surface area contributed by atoms with Crippen LogP contribution in [-0.4, -0.2) is 5.78 Å². The molecule has 1 unspecified atom stereocenters. The Hall–Kier alpha value is -0.330. The summed E-state index contributed by atoms with van der Waals surface area (Å²) in [5.74, 6) is 2.16. The van der Waals surface area contributed by atoms with E-state index in [9.17, 15) is 4.79 Å². The molecule has 1 nitrogen and oxygen atoms in total. The summed E-state index contributed by atoms with van der Waals surface area (Å²) in [6.07, 6.45) is 16.8. The first-order valence-electron chi connectivity index (χ1n) is 7.88. The van der Waals surface area contributed by atoms with E-state index in [2.05, 4.69) is 0 Å². The minimum atomic E-state index is 0.553. The zero-order valence-corrected chi connectivity index (χ0v) is 11.3. The van der Waals surface area contributed by atoms with Gasteiger partial charge in [-0.3, -0.25) is 4.79 Å². The summed E-state index contributed by atoms with van der Waals surface area (Å²) in [6, 6.07) is 0. The lowest BCUT2D eigenvalue weighted by Crippen LogP contribution is -2.21. The van der Waals surface area contributed by atoms with Gasteiger partial charge in [-0.1, -0.05) is 57.8 Å². The third-order valence-corrected chi connectivity index (χ3v) is 4.84. The zero-order chi connectivity index (χ0) is 11.9. The van der Waals surface area contributed by atoms with Crippen LogP contribution < -0.4 is 0 Å². The van der Waals surface area contributed by atoms with Gasteiger partial charge in [0.2, 0.25) is 0 Å². The maximum Gasteiger partial charge on any atom is 0.133 e. The quantitative estimate of drug-likeness (QED) is 0.633. The minimum absolute atomic E-state index is 0.553. The monoisotopic (exact) mass is 236 g/mol. The molecule has 0 bridgehead atoms. The molecule has 2 saturated carbocycles. The highest BCUT2D eigenvalue weighted by molar-refractivity contribution is 5.78. The topological polar surface area (TPSA) is 17.1 Å². The molecular formula is C16H28O.